The fourth-order valence-electron chi connectivity index (χ4n) is 2.02. The number of benzene rings is 1. The van der Waals surface area contributed by atoms with Gasteiger partial charge in [-0.2, -0.15) is 13.2 Å². The van der Waals surface area contributed by atoms with Gasteiger partial charge in [-0.1, -0.05) is 47.5 Å². The SMILES string of the molecule is Cc1cccc(CC(O)c2ccc(C(F)(F)F)nc2Cl)c1. The average molecular weight is 316 g/mol. The first-order valence-electron chi connectivity index (χ1n) is 6.24. The minimum atomic E-state index is -4.55. The van der Waals surface area contributed by atoms with Gasteiger partial charge in [-0.15, -0.1) is 0 Å². The van der Waals surface area contributed by atoms with E-state index in [2.05, 4.69) is 4.98 Å². The van der Waals surface area contributed by atoms with Crippen molar-refractivity contribution in [1.82, 2.24) is 4.98 Å². The summed E-state index contributed by atoms with van der Waals surface area (Å²) in [5, 5.41) is 9.80. The summed E-state index contributed by atoms with van der Waals surface area (Å²) >= 11 is 5.76. The summed E-state index contributed by atoms with van der Waals surface area (Å²) in [5.74, 6) is 0. The molecule has 0 aliphatic carbocycles. The van der Waals surface area contributed by atoms with E-state index in [0.29, 0.717) is 0 Å². The number of pyridine rings is 1. The zero-order valence-electron chi connectivity index (χ0n) is 11.2. The molecule has 0 fully saturated rings. The Balaban J connectivity index is 2.22. The number of aryl methyl sites for hydroxylation is 1. The molecule has 0 amide bonds. The van der Waals surface area contributed by atoms with Crippen LogP contribution in [0.15, 0.2) is 36.4 Å². The maximum atomic E-state index is 12.5. The van der Waals surface area contributed by atoms with Gasteiger partial charge in [0.2, 0.25) is 0 Å². The van der Waals surface area contributed by atoms with Crippen LogP contribution in [0.5, 0.6) is 0 Å². The Labute approximate surface area is 125 Å². The predicted molar refractivity (Wildman–Crippen MR) is 74.1 cm³/mol. The smallest absolute Gasteiger partial charge is 0.388 e. The fourth-order valence-corrected chi connectivity index (χ4v) is 2.30. The molecule has 0 radical (unpaired) electrons. The number of nitrogens with zero attached hydrogens (tertiary/aromatic N) is 1. The van der Waals surface area contributed by atoms with Crippen LogP contribution in [-0.2, 0) is 12.6 Å². The molecule has 21 heavy (non-hydrogen) atoms. The number of rotatable bonds is 3. The van der Waals surface area contributed by atoms with Crippen LogP contribution in [0.2, 0.25) is 5.15 Å². The topological polar surface area (TPSA) is 33.1 Å². The summed E-state index contributed by atoms with van der Waals surface area (Å²) in [5.41, 5.74) is 1.03. The first kappa shape index (κ1) is 15.8. The molecular weight excluding hydrogens is 303 g/mol. The van der Waals surface area contributed by atoms with Gasteiger partial charge >= 0.3 is 6.18 Å². The molecule has 112 valence electrons. The zero-order chi connectivity index (χ0) is 15.6. The molecule has 2 nitrogen and oxygen atoms in total. The quantitative estimate of drug-likeness (QED) is 0.855. The Kier molecular flexibility index (Phi) is 4.54. The molecule has 0 saturated heterocycles. The van der Waals surface area contributed by atoms with Crippen LogP contribution in [0.1, 0.15) is 28.5 Å². The van der Waals surface area contributed by atoms with Crippen LogP contribution in [0.3, 0.4) is 0 Å². The van der Waals surface area contributed by atoms with Gasteiger partial charge in [0.1, 0.15) is 10.8 Å². The highest BCUT2D eigenvalue weighted by Crippen LogP contribution is 2.31. The van der Waals surface area contributed by atoms with Crippen LogP contribution in [0.25, 0.3) is 0 Å². The largest absolute Gasteiger partial charge is 0.433 e. The Morgan fingerprint density at radius 1 is 1.24 bits per heavy atom. The number of aromatic nitrogens is 1. The first-order valence-corrected chi connectivity index (χ1v) is 6.62. The van der Waals surface area contributed by atoms with Gasteiger partial charge < -0.3 is 5.11 Å². The molecular formula is C15H13ClF3NO. The number of hydrogen-bond acceptors (Lipinski definition) is 2. The molecule has 1 aromatic heterocycles. The van der Waals surface area contributed by atoms with Crippen LogP contribution in [-0.4, -0.2) is 10.1 Å². The van der Waals surface area contributed by atoms with E-state index in [1.54, 1.807) is 0 Å². The van der Waals surface area contributed by atoms with E-state index in [1.807, 2.05) is 31.2 Å². The van der Waals surface area contributed by atoms with Gasteiger partial charge in [0, 0.05) is 12.0 Å². The van der Waals surface area contributed by atoms with Crippen molar-refractivity contribution < 1.29 is 18.3 Å². The molecule has 6 heteroatoms. The van der Waals surface area contributed by atoms with Crippen molar-refractivity contribution in [1.29, 1.82) is 0 Å². The second-order valence-electron chi connectivity index (χ2n) is 4.78. The number of hydrogen-bond donors (Lipinski definition) is 1. The second kappa shape index (κ2) is 6.03. The fraction of sp³-hybridized carbons (Fsp3) is 0.267. The molecule has 0 saturated carbocycles. The third-order valence-electron chi connectivity index (χ3n) is 3.04. The van der Waals surface area contributed by atoms with E-state index < -0.39 is 18.0 Å². The molecule has 0 aliphatic heterocycles. The lowest BCUT2D eigenvalue weighted by atomic mass is 10.0. The van der Waals surface area contributed by atoms with Crippen LogP contribution >= 0.6 is 11.6 Å². The Bertz CT molecular complexity index is 643. The molecule has 1 atom stereocenters. The van der Waals surface area contributed by atoms with Gasteiger partial charge in [0.05, 0.1) is 6.10 Å². The van der Waals surface area contributed by atoms with Crippen molar-refractivity contribution in [3.8, 4) is 0 Å². The molecule has 1 aromatic carbocycles. The van der Waals surface area contributed by atoms with Crippen molar-refractivity contribution in [2.75, 3.05) is 0 Å². The summed E-state index contributed by atoms with van der Waals surface area (Å²) in [7, 11) is 0. The number of halogens is 4. The molecule has 1 N–H and O–H groups in total. The molecule has 1 unspecified atom stereocenters. The van der Waals surface area contributed by atoms with Crippen molar-refractivity contribution in [3.05, 3.63) is 63.9 Å². The molecule has 0 bridgehead atoms. The van der Waals surface area contributed by atoms with Gasteiger partial charge in [0.25, 0.3) is 0 Å². The lowest BCUT2D eigenvalue weighted by Gasteiger charge is -2.14. The molecule has 2 aromatic rings. The predicted octanol–water partition coefficient (Wildman–Crippen LogP) is 4.34. The van der Waals surface area contributed by atoms with Gasteiger partial charge in [-0.3, -0.25) is 0 Å². The summed E-state index contributed by atoms with van der Waals surface area (Å²) in [6.45, 7) is 1.92. The van der Waals surface area contributed by atoms with E-state index >= 15 is 0 Å². The number of aliphatic hydroxyl groups excluding tert-OH is 1. The minimum Gasteiger partial charge on any atom is -0.388 e. The molecule has 1 heterocycles. The average Bonchev–Trinajstić information content (AvgIpc) is 2.37. The van der Waals surface area contributed by atoms with Crippen molar-refractivity contribution >= 4 is 11.6 Å². The number of aliphatic hydroxyl groups is 1. The van der Waals surface area contributed by atoms with Gasteiger partial charge in [-0.05, 0) is 18.6 Å². The van der Waals surface area contributed by atoms with E-state index in [-0.39, 0.29) is 17.1 Å². The molecule has 2 rings (SSSR count). The van der Waals surface area contributed by atoms with Crippen molar-refractivity contribution in [3.63, 3.8) is 0 Å². The monoisotopic (exact) mass is 315 g/mol. The lowest BCUT2D eigenvalue weighted by Crippen LogP contribution is -2.10. The van der Waals surface area contributed by atoms with Crippen LogP contribution < -0.4 is 0 Å². The standard InChI is InChI=1S/C15H13ClF3NO/c1-9-3-2-4-10(7-9)8-12(21)11-5-6-13(15(17,18)19)20-14(11)16/h2-7,12,21H,8H2,1H3. The minimum absolute atomic E-state index is 0.186. The van der Waals surface area contributed by atoms with Crippen molar-refractivity contribution in [2.24, 2.45) is 0 Å². The lowest BCUT2D eigenvalue weighted by molar-refractivity contribution is -0.141. The molecule has 0 aliphatic rings. The highest BCUT2D eigenvalue weighted by Gasteiger charge is 2.33. The highest BCUT2D eigenvalue weighted by atomic mass is 35.5. The van der Waals surface area contributed by atoms with Gasteiger partial charge in [-0.25, -0.2) is 4.98 Å². The van der Waals surface area contributed by atoms with E-state index in [1.165, 1.54) is 6.07 Å². The normalized spacial score (nSPS) is 13.2. The Morgan fingerprint density at radius 2 is 1.95 bits per heavy atom. The first-order chi connectivity index (χ1) is 9.77. The summed E-state index contributed by atoms with van der Waals surface area (Å²) in [6, 6.07) is 9.49. The maximum absolute atomic E-state index is 12.5. The second-order valence-corrected chi connectivity index (χ2v) is 5.14. The third-order valence-corrected chi connectivity index (χ3v) is 3.34. The highest BCUT2D eigenvalue weighted by molar-refractivity contribution is 6.30. The third kappa shape index (κ3) is 3.95. The van der Waals surface area contributed by atoms with E-state index in [4.69, 9.17) is 11.6 Å². The Hall–Kier alpha value is -1.59. The van der Waals surface area contributed by atoms with E-state index in [0.717, 1.165) is 17.2 Å². The summed E-state index contributed by atoms with van der Waals surface area (Å²) in [6.07, 6.45) is -5.30. The maximum Gasteiger partial charge on any atom is 0.433 e. The van der Waals surface area contributed by atoms with E-state index in [9.17, 15) is 18.3 Å². The summed E-state index contributed by atoms with van der Waals surface area (Å²) in [4.78, 5) is 3.31. The molecule has 0 spiro atoms. The van der Waals surface area contributed by atoms with Crippen LogP contribution in [0, 0.1) is 6.92 Å². The van der Waals surface area contributed by atoms with Crippen molar-refractivity contribution in [2.45, 2.75) is 25.6 Å². The zero-order valence-corrected chi connectivity index (χ0v) is 11.9. The van der Waals surface area contributed by atoms with Gasteiger partial charge in [0.15, 0.2) is 0 Å². The van der Waals surface area contributed by atoms with Crippen LogP contribution in [0.4, 0.5) is 13.2 Å². The summed E-state index contributed by atoms with van der Waals surface area (Å²) < 4.78 is 37.5. The Morgan fingerprint density at radius 3 is 2.52 bits per heavy atom. The number of alkyl halides is 3.